The van der Waals surface area contributed by atoms with Gasteiger partial charge in [0.15, 0.2) is 0 Å². The Morgan fingerprint density at radius 2 is 1.19 bits per heavy atom. The Hall–Kier alpha value is -2.71. The van der Waals surface area contributed by atoms with Gasteiger partial charge in [-0.15, -0.1) is 0 Å². The third-order valence-electron chi connectivity index (χ3n) is 5.37. The Morgan fingerprint density at radius 3 is 1.88 bits per heavy atom. The van der Waals surface area contributed by atoms with Gasteiger partial charge in [-0.1, -0.05) is 78.9 Å². The summed E-state index contributed by atoms with van der Waals surface area (Å²) in [6.45, 7) is 0. The molecule has 0 aromatic heterocycles. The number of benzene rings is 3. The fraction of sp³-hybridized carbons (Fsp3) is 0.208. The minimum atomic E-state index is -0.914. The molecular formula is C24H22O2. The lowest BCUT2D eigenvalue weighted by molar-refractivity contribution is -0.125. The van der Waals surface area contributed by atoms with Gasteiger partial charge in [-0.25, -0.2) is 0 Å². The normalized spacial score (nSPS) is 16.4. The summed E-state index contributed by atoms with van der Waals surface area (Å²) in [5, 5.41) is 11.2. The maximum Gasteiger partial charge on any atom is 0.133 e. The monoisotopic (exact) mass is 342 g/mol. The van der Waals surface area contributed by atoms with Gasteiger partial charge in [0.1, 0.15) is 5.78 Å². The van der Waals surface area contributed by atoms with Crippen molar-refractivity contribution in [2.45, 2.75) is 31.3 Å². The van der Waals surface area contributed by atoms with Crippen molar-refractivity contribution in [3.8, 4) is 22.3 Å². The van der Waals surface area contributed by atoms with E-state index in [1.165, 1.54) is 11.1 Å². The molecule has 1 aliphatic carbocycles. The summed E-state index contributed by atoms with van der Waals surface area (Å²) in [6, 6.07) is 26.8. The van der Waals surface area contributed by atoms with Gasteiger partial charge >= 0.3 is 0 Å². The fourth-order valence-corrected chi connectivity index (χ4v) is 3.83. The molecule has 2 nitrogen and oxygen atoms in total. The van der Waals surface area contributed by atoms with E-state index in [1.807, 2.05) is 36.4 Å². The standard InChI is InChI=1S/C24H22O2/c25-21-14-16-24(26,17-15-21)23-9-5-4-8-22(23)20-12-10-19(11-13-20)18-6-2-1-3-7-18/h1-13,26H,14-17H2. The van der Waals surface area contributed by atoms with E-state index in [2.05, 4.69) is 42.5 Å². The van der Waals surface area contributed by atoms with Gasteiger partial charge < -0.3 is 5.11 Å². The lowest BCUT2D eigenvalue weighted by atomic mass is 9.76. The molecule has 0 aliphatic heterocycles. The number of rotatable bonds is 3. The lowest BCUT2D eigenvalue weighted by Crippen LogP contribution is -2.32. The van der Waals surface area contributed by atoms with Crippen molar-refractivity contribution in [2.75, 3.05) is 0 Å². The molecule has 1 fully saturated rings. The zero-order chi connectivity index (χ0) is 18.0. The molecule has 130 valence electrons. The Balaban J connectivity index is 1.70. The Kier molecular flexibility index (Phi) is 4.44. The molecule has 1 aliphatic rings. The second-order valence-corrected chi connectivity index (χ2v) is 7.06. The van der Waals surface area contributed by atoms with Gasteiger partial charge in [-0.3, -0.25) is 4.79 Å². The summed E-state index contributed by atoms with van der Waals surface area (Å²) in [4.78, 5) is 11.6. The van der Waals surface area contributed by atoms with E-state index in [-0.39, 0.29) is 5.78 Å². The summed E-state index contributed by atoms with van der Waals surface area (Å²) < 4.78 is 0. The average molecular weight is 342 g/mol. The molecule has 0 unspecified atom stereocenters. The first kappa shape index (κ1) is 16.7. The van der Waals surface area contributed by atoms with Crippen LogP contribution in [-0.2, 0) is 10.4 Å². The van der Waals surface area contributed by atoms with Gasteiger partial charge in [0.2, 0.25) is 0 Å². The molecule has 2 heteroatoms. The highest BCUT2D eigenvalue weighted by Crippen LogP contribution is 2.40. The Morgan fingerprint density at radius 1 is 0.654 bits per heavy atom. The van der Waals surface area contributed by atoms with Crippen LogP contribution < -0.4 is 0 Å². The molecule has 0 saturated heterocycles. The topological polar surface area (TPSA) is 37.3 Å². The molecule has 0 spiro atoms. The van der Waals surface area contributed by atoms with E-state index in [1.54, 1.807) is 0 Å². The van der Waals surface area contributed by atoms with Gasteiger partial charge in [0.25, 0.3) is 0 Å². The van der Waals surface area contributed by atoms with E-state index in [9.17, 15) is 9.90 Å². The number of hydrogen-bond acceptors (Lipinski definition) is 2. The number of hydrogen-bond donors (Lipinski definition) is 1. The molecule has 26 heavy (non-hydrogen) atoms. The van der Waals surface area contributed by atoms with Crippen molar-refractivity contribution >= 4 is 5.78 Å². The predicted octanol–water partition coefficient (Wildman–Crippen LogP) is 5.35. The highest BCUT2D eigenvalue weighted by Gasteiger charge is 2.35. The van der Waals surface area contributed by atoms with E-state index in [0.29, 0.717) is 25.7 Å². The minimum Gasteiger partial charge on any atom is -0.385 e. The fourth-order valence-electron chi connectivity index (χ4n) is 3.83. The molecular weight excluding hydrogens is 320 g/mol. The van der Waals surface area contributed by atoms with E-state index >= 15 is 0 Å². The number of carbonyl (C=O) groups is 1. The zero-order valence-electron chi connectivity index (χ0n) is 14.7. The Bertz CT molecular complexity index is 900. The van der Waals surface area contributed by atoms with Crippen LogP contribution in [0.3, 0.4) is 0 Å². The SMILES string of the molecule is O=C1CCC(O)(c2ccccc2-c2ccc(-c3ccccc3)cc2)CC1. The van der Waals surface area contributed by atoms with E-state index < -0.39 is 5.60 Å². The largest absolute Gasteiger partial charge is 0.385 e. The van der Waals surface area contributed by atoms with E-state index in [4.69, 9.17) is 0 Å². The van der Waals surface area contributed by atoms with Crippen LogP contribution in [0.2, 0.25) is 0 Å². The lowest BCUT2D eigenvalue weighted by Gasteiger charge is -2.33. The number of aliphatic hydroxyl groups is 1. The highest BCUT2D eigenvalue weighted by atomic mass is 16.3. The molecule has 0 atom stereocenters. The summed E-state index contributed by atoms with van der Waals surface area (Å²) in [7, 11) is 0. The summed E-state index contributed by atoms with van der Waals surface area (Å²) in [5.74, 6) is 0.249. The van der Waals surface area contributed by atoms with Crippen LogP contribution in [-0.4, -0.2) is 10.9 Å². The summed E-state index contributed by atoms with van der Waals surface area (Å²) in [5.41, 5.74) is 4.52. The van der Waals surface area contributed by atoms with Gasteiger partial charge in [0.05, 0.1) is 5.60 Å². The quantitative estimate of drug-likeness (QED) is 0.696. The first-order valence-electron chi connectivity index (χ1n) is 9.15. The van der Waals surface area contributed by atoms with Crippen LogP contribution in [0.25, 0.3) is 22.3 Å². The van der Waals surface area contributed by atoms with Crippen molar-refractivity contribution in [1.29, 1.82) is 0 Å². The number of carbonyl (C=O) groups excluding carboxylic acids is 1. The van der Waals surface area contributed by atoms with Crippen LogP contribution in [0, 0.1) is 0 Å². The third kappa shape index (κ3) is 3.21. The van der Waals surface area contributed by atoms with Crippen molar-refractivity contribution < 1.29 is 9.90 Å². The van der Waals surface area contributed by atoms with Crippen LogP contribution in [0.1, 0.15) is 31.2 Å². The first-order valence-corrected chi connectivity index (χ1v) is 9.15. The molecule has 0 heterocycles. The molecule has 1 saturated carbocycles. The number of ketones is 1. The van der Waals surface area contributed by atoms with E-state index in [0.717, 1.165) is 16.7 Å². The molecule has 1 N–H and O–H groups in total. The van der Waals surface area contributed by atoms with Crippen LogP contribution in [0.15, 0.2) is 78.9 Å². The highest BCUT2D eigenvalue weighted by molar-refractivity contribution is 5.80. The van der Waals surface area contributed by atoms with Crippen molar-refractivity contribution in [3.05, 3.63) is 84.4 Å². The third-order valence-corrected chi connectivity index (χ3v) is 5.37. The second kappa shape index (κ2) is 6.89. The summed E-state index contributed by atoms with van der Waals surface area (Å²) >= 11 is 0. The average Bonchev–Trinajstić information content (AvgIpc) is 2.71. The van der Waals surface area contributed by atoms with Crippen molar-refractivity contribution in [3.63, 3.8) is 0 Å². The number of Topliss-reactive ketones (excluding diaryl/α,β-unsaturated/α-hetero) is 1. The minimum absolute atomic E-state index is 0.249. The molecule has 3 aromatic rings. The maximum absolute atomic E-state index is 11.6. The Labute approximate surface area is 154 Å². The zero-order valence-corrected chi connectivity index (χ0v) is 14.7. The first-order chi connectivity index (χ1) is 12.7. The second-order valence-electron chi connectivity index (χ2n) is 7.06. The maximum atomic E-state index is 11.6. The predicted molar refractivity (Wildman–Crippen MR) is 105 cm³/mol. The summed E-state index contributed by atoms with van der Waals surface area (Å²) in [6.07, 6.45) is 1.92. The van der Waals surface area contributed by atoms with Gasteiger partial charge in [-0.2, -0.15) is 0 Å². The molecule has 0 radical (unpaired) electrons. The van der Waals surface area contributed by atoms with Crippen LogP contribution in [0.4, 0.5) is 0 Å². The molecule has 3 aromatic carbocycles. The molecule has 4 rings (SSSR count). The van der Waals surface area contributed by atoms with Crippen molar-refractivity contribution in [2.24, 2.45) is 0 Å². The van der Waals surface area contributed by atoms with Gasteiger partial charge in [0, 0.05) is 12.8 Å². The van der Waals surface area contributed by atoms with Crippen LogP contribution in [0.5, 0.6) is 0 Å². The van der Waals surface area contributed by atoms with Crippen LogP contribution >= 0.6 is 0 Å². The smallest absolute Gasteiger partial charge is 0.133 e. The van der Waals surface area contributed by atoms with Crippen molar-refractivity contribution in [1.82, 2.24) is 0 Å². The molecule has 0 bridgehead atoms. The molecule has 0 amide bonds. The van der Waals surface area contributed by atoms with Gasteiger partial charge in [-0.05, 0) is 40.7 Å².